The van der Waals surface area contributed by atoms with Crippen LogP contribution in [0.4, 0.5) is 0 Å². The van der Waals surface area contributed by atoms with Gasteiger partial charge in [0.2, 0.25) is 0 Å². The van der Waals surface area contributed by atoms with E-state index in [1.165, 1.54) is 23.4 Å². The lowest BCUT2D eigenvalue weighted by molar-refractivity contribution is 0.394. The van der Waals surface area contributed by atoms with Crippen LogP contribution in [0.5, 0.6) is 11.5 Å². The molecular formula is C16H21N3O2. The van der Waals surface area contributed by atoms with Crippen molar-refractivity contribution in [3.8, 4) is 11.5 Å². The molecule has 21 heavy (non-hydrogen) atoms. The van der Waals surface area contributed by atoms with Gasteiger partial charge in [0.25, 0.3) is 0 Å². The van der Waals surface area contributed by atoms with Gasteiger partial charge in [-0.05, 0) is 44.4 Å². The van der Waals surface area contributed by atoms with Gasteiger partial charge in [-0.2, -0.15) is 5.10 Å². The summed E-state index contributed by atoms with van der Waals surface area (Å²) in [6, 6.07) is 4.82. The second kappa shape index (κ2) is 5.41. The van der Waals surface area contributed by atoms with Crippen LogP contribution < -0.4 is 5.32 Å². The van der Waals surface area contributed by atoms with Gasteiger partial charge >= 0.3 is 0 Å². The molecule has 0 aliphatic heterocycles. The first kappa shape index (κ1) is 13.9. The number of nitrogens with zero attached hydrogens (tertiary/aromatic N) is 2. The highest BCUT2D eigenvalue weighted by Crippen LogP contribution is 2.34. The molecule has 1 aromatic heterocycles. The summed E-state index contributed by atoms with van der Waals surface area (Å²) in [6.07, 6.45) is 5.18. The van der Waals surface area contributed by atoms with Crippen molar-refractivity contribution in [3.05, 3.63) is 41.2 Å². The van der Waals surface area contributed by atoms with Crippen LogP contribution in [-0.4, -0.2) is 20.0 Å². The zero-order valence-electron chi connectivity index (χ0n) is 12.4. The van der Waals surface area contributed by atoms with Gasteiger partial charge < -0.3 is 15.5 Å². The molecule has 3 N–H and O–H groups in total. The number of aryl methyl sites for hydroxylation is 1. The van der Waals surface area contributed by atoms with Crippen molar-refractivity contribution in [3.63, 3.8) is 0 Å². The third kappa shape index (κ3) is 2.61. The molecular weight excluding hydrogens is 266 g/mol. The van der Waals surface area contributed by atoms with Crippen LogP contribution in [0.1, 0.15) is 48.7 Å². The number of aromatic nitrogens is 2. The molecule has 0 fully saturated rings. The molecule has 0 saturated carbocycles. The maximum Gasteiger partial charge on any atom is 0.120 e. The first-order valence-corrected chi connectivity index (χ1v) is 7.35. The van der Waals surface area contributed by atoms with Crippen molar-refractivity contribution < 1.29 is 10.2 Å². The smallest absolute Gasteiger partial charge is 0.120 e. The highest BCUT2D eigenvalue weighted by molar-refractivity contribution is 5.40. The van der Waals surface area contributed by atoms with E-state index in [9.17, 15) is 10.2 Å². The second-order valence-corrected chi connectivity index (χ2v) is 5.75. The fourth-order valence-electron chi connectivity index (χ4n) is 3.16. The number of benzene rings is 1. The Labute approximate surface area is 124 Å². The Kier molecular flexibility index (Phi) is 3.59. The molecule has 0 spiro atoms. The Bertz CT molecular complexity index is 651. The van der Waals surface area contributed by atoms with E-state index in [1.807, 2.05) is 24.9 Å². The lowest BCUT2D eigenvalue weighted by Gasteiger charge is -2.27. The molecule has 0 bridgehead atoms. The molecule has 2 unspecified atom stereocenters. The van der Waals surface area contributed by atoms with Gasteiger partial charge in [0.1, 0.15) is 11.5 Å². The Morgan fingerprint density at radius 1 is 1.38 bits per heavy atom. The van der Waals surface area contributed by atoms with E-state index in [4.69, 9.17) is 0 Å². The molecule has 112 valence electrons. The normalized spacial score (nSPS) is 19.2. The minimum Gasteiger partial charge on any atom is -0.508 e. The minimum absolute atomic E-state index is 0.0479. The number of phenolic OH excluding ortho intramolecular Hbond substituents is 2. The van der Waals surface area contributed by atoms with E-state index < -0.39 is 0 Å². The van der Waals surface area contributed by atoms with E-state index in [-0.39, 0.29) is 23.6 Å². The van der Waals surface area contributed by atoms with Gasteiger partial charge in [-0.1, -0.05) is 0 Å². The quantitative estimate of drug-likeness (QED) is 0.759. The molecule has 0 amide bonds. The number of phenols is 2. The van der Waals surface area contributed by atoms with Gasteiger partial charge in [0.15, 0.2) is 0 Å². The average molecular weight is 287 g/mol. The van der Waals surface area contributed by atoms with Crippen LogP contribution in [0.2, 0.25) is 0 Å². The number of fused-ring (bicyclic) bond motifs is 1. The number of hydrogen-bond donors (Lipinski definition) is 3. The summed E-state index contributed by atoms with van der Waals surface area (Å²) in [5.74, 6) is 0.372. The molecule has 0 saturated heterocycles. The number of rotatable bonds is 3. The number of aromatic hydroxyl groups is 2. The van der Waals surface area contributed by atoms with Crippen LogP contribution in [0.25, 0.3) is 0 Å². The van der Waals surface area contributed by atoms with Crippen LogP contribution in [0.15, 0.2) is 24.4 Å². The predicted molar refractivity (Wildman–Crippen MR) is 80.2 cm³/mol. The summed E-state index contributed by atoms with van der Waals surface area (Å²) >= 11 is 0. The van der Waals surface area contributed by atoms with Crippen LogP contribution in [-0.2, 0) is 13.5 Å². The largest absolute Gasteiger partial charge is 0.508 e. The Hall–Kier alpha value is -2.01. The van der Waals surface area contributed by atoms with Gasteiger partial charge in [0, 0.05) is 36.0 Å². The van der Waals surface area contributed by atoms with Gasteiger partial charge in [-0.3, -0.25) is 4.68 Å². The Morgan fingerprint density at radius 3 is 3.00 bits per heavy atom. The average Bonchev–Trinajstić information content (AvgIpc) is 2.84. The molecule has 1 aromatic carbocycles. The monoisotopic (exact) mass is 287 g/mol. The van der Waals surface area contributed by atoms with Crippen molar-refractivity contribution in [2.75, 3.05) is 0 Å². The summed E-state index contributed by atoms with van der Waals surface area (Å²) in [6.45, 7) is 2.00. The van der Waals surface area contributed by atoms with E-state index in [0.717, 1.165) is 19.3 Å². The highest BCUT2D eigenvalue weighted by atomic mass is 16.3. The summed E-state index contributed by atoms with van der Waals surface area (Å²) in [4.78, 5) is 0. The zero-order chi connectivity index (χ0) is 15.0. The third-order valence-corrected chi connectivity index (χ3v) is 4.30. The fraction of sp³-hybridized carbons (Fsp3) is 0.438. The summed E-state index contributed by atoms with van der Waals surface area (Å²) < 4.78 is 1.94. The van der Waals surface area contributed by atoms with Crippen molar-refractivity contribution in [2.45, 2.75) is 38.3 Å². The molecule has 5 nitrogen and oxygen atoms in total. The maximum atomic E-state index is 9.97. The van der Waals surface area contributed by atoms with Gasteiger partial charge in [-0.15, -0.1) is 0 Å². The number of nitrogens with one attached hydrogen (secondary N) is 1. The topological polar surface area (TPSA) is 70.3 Å². The lowest BCUT2D eigenvalue weighted by Crippen LogP contribution is -2.27. The van der Waals surface area contributed by atoms with Crippen molar-refractivity contribution in [1.82, 2.24) is 15.1 Å². The van der Waals surface area contributed by atoms with Crippen LogP contribution >= 0.6 is 0 Å². The molecule has 1 aliphatic carbocycles. The van der Waals surface area contributed by atoms with Crippen LogP contribution in [0, 0.1) is 0 Å². The minimum atomic E-state index is -0.0479. The first-order chi connectivity index (χ1) is 10.1. The van der Waals surface area contributed by atoms with E-state index >= 15 is 0 Å². The lowest BCUT2D eigenvalue weighted by atomic mass is 9.92. The molecule has 1 heterocycles. The van der Waals surface area contributed by atoms with Crippen molar-refractivity contribution in [1.29, 1.82) is 0 Å². The Morgan fingerprint density at radius 2 is 2.19 bits per heavy atom. The zero-order valence-corrected chi connectivity index (χ0v) is 12.4. The second-order valence-electron chi connectivity index (χ2n) is 5.75. The number of hydrogen-bond acceptors (Lipinski definition) is 4. The van der Waals surface area contributed by atoms with Crippen molar-refractivity contribution >= 4 is 0 Å². The summed E-state index contributed by atoms with van der Waals surface area (Å²) in [5, 5.41) is 27.5. The predicted octanol–water partition coefficient (Wildman–Crippen LogP) is 2.56. The molecule has 2 atom stereocenters. The van der Waals surface area contributed by atoms with Crippen molar-refractivity contribution in [2.24, 2.45) is 7.05 Å². The van der Waals surface area contributed by atoms with Crippen LogP contribution in [0.3, 0.4) is 0 Å². The first-order valence-electron chi connectivity index (χ1n) is 7.35. The highest BCUT2D eigenvalue weighted by Gasteiger charge is 2.25. The fourth-order valence-corrected chi connectivity index (χ4v) is 3.16. The standard InChI is InChI=1S/C16H21N3O2/c1-10(12-8-11(20)6-7-16(12)21)18-14-4-3-5-15-13(14)9-17-19(15)2/h6-10,14,18,20-21H,3-5H2,1-2H3. The maximum absolute atomic E-state index is 9.97. The summed E-state index contributed by atoms with van der Waals surface area (Å²) in [5.41, 5.74) is 3.24. The summed E-state index contributed by atoms with van der Waals surface area (Å²) in [7, 11) is 1.98. The SMILES string of the molecule is CC(NC1CCCc2c1cnn2C)c1cc(O)ccc1O. The molecule has 5 heteroatoms. The van der Waals surface area contributed by atoms with E-state index in [0.29, 0.717) is 5.56 Å². The molecule has 0 radical (unpaired) electrons. The van der Waals surface area contributed by atoms with Gasteiger partial charge in [-0.25, -0.2) is 0 Å². The van der Waals surface area contributed by atoms with E-state index in [2.05, 4.69) is 10.4 Å². The third-order valence-electron chi connectivity index (χ3n) is 4.30. The molecule has 2 aromatic rings. The molecule has 3 rings (SSSR count). The van der Waals surface area contributed by atoms with Gasteiger partial charge in [0.05, 0.1) is 6.20 Å². The van der Waals surface area contributed by atoms with E-state index in [1.54, 1.807) is 6.07 Å². The molecule has 1 aliphatic rings. The Balaban J connectivity index is 1.82.